The van der Waals surface area contributed by atoms with E-state index in [0.717, 1.165) is 0 Å². The number of hydrogen-bond acceptors (Lipinski definition) is 5. The molecule has 1 unspecified atom stereocenters. The van der Waals surface area contributed by atoms with Gasteiger partial charge in [0, 0.05) is 18.7 Å². The van der Waals surface area contributed by atoms with E-state index in [1.54, 1.807) is 6.07 Å². The lowest BCUT2D eigenvalue weighted by molar-refractivity contribution is -0.384. The monoisotopic (exact) mass is 308 g/mol. The number of morpholine rings is 1. The Morgan fingerprint density at radius 3 is 2.91 bits per heavy atom. The number of carbonyl (C=O) groups excluding carboxylic acids is 1. The first-order valence-electron chi connectivity index (χ1n) is 6.79. The third-order valence-corrected chi connectivity index (χ3v) is 3.43. The Labute approximate surface area is 126 Å². The largest absolute Gasteiger partial charge is 0.481 e. The molecule has 1 N–H and O–H groups in total. The fourth-order valence-electron chi connectivity index (χ4n) is 2.41. The van der Waals surface area contributed by atoms with Gasteiger partial charge in [-0.25, -0.2) is 0 Å². The van der Waals surface area contributed by atoms with Gasteiger partial charge in [-0.05, 0) is 5.56 Å². The smallest absolute Gasteiger partial charge is 0.305 e. The summed E-state index contributed by atoms with van der Waals surface area (Å²) in [4.78, 5) is 34.9. The average molecular weight is 308 g/mol. The fourth-order valence-corrected chi connectivity index (χ4v) is 2.41. The van der Waals surface area contributed by atoms with Crippen LogP contribution in [0, 0.1) is 10.1 Å². The molecule has 0 saturated carbocycles. The van der Waals surface area contributed by atoms with Crippen LogP contribution in [0.1, 0.15) is 12.0 Å². The van der Waals surface area contributed by atoms with Gasteiger partial charge in [-0.15, -0.1) is 0 Å². The van der Waals surface area contributed by atoms with Gasteiger partial charge in [-0.2, -0.15) is 0 Å². The minimum atomic E-state index is -0.997. The van der Waals surface area contributed by atoms with E-state index in [-0.39, 0.29) is 31.0 Å². The molecule has 8 nitrogen and oxygen atoms in total. The number of non-ortho nitro benzene ring substituents is 1. The second-order valence-corrected chi connectivity index (χ2v) is 5.02. The standard InChI is InChI=1S/C14H16N2O6/c17-13(7-10-2-1-3-11(6-10)16(20)21)15-4-5-22-9-12(15)8-14(18)19/h1-3,6,12H,4-5,7-9H2,(H,18,19). The van der Waals surface area contributed by atoms with Crippen LogP contribution in [-0.2, 0) is 20.7 Å². The van der Waals surface area contributed by atoms with Crippen molar-refractivity contribution in [2.75, 3.05) is 19.8 Å². The number of nitro groups is 1. The Morgan fingerprint density at radius 2 is 2.23 bits per heavy atom. The summed E-state index contributed by atoms with van der Waals surface area (Å²) in [6.07, 6.45) is -0.182. The lowest BCUT2D eigenvalue weighted by Gasteiger charge is -2.35. The van der Waals surface area contributed by atoms with Crippen molar-refractivity contribution in [2.24, 2.45) is 0 Å². The molecule has 0 spiro atoms. The van der Waals surface area contributed by atoms with Gasteiger partial charge in [0.2, 0.25) is 5.91 Å². The second kappa shape index (κ2) is 6.99. The highest BCUT2D eigenvalue weighted by Gasteiger charge is 2.29. The molecule has 0 aliphatic carbocycles. The number of nitrogens with zero attached hydrogens (tertiary/aromatic N) is 2. The average Bonchev–Trinajstić information content (AvgIpc) is 2.47. The van der Waals surface area contributed by atoms with Crippen LogP contribution in [0.4, 0.5) is 5.69 Å². The normalized spacial score (nSPS) is 18.0. The lowest BCUT2D eigenvalue weighted by atomic mass is 10.1. The highest BCUT2D eigenvalue weighted by Crippen LogP contribution is 2.17. The fraction of sp³-hybridized carbons (Fsp3) is 0.429. The highest BCUT2D eigenvalue weighted by atomic mass is 16.6. The predicted molar refractivity (Wildman–Crippen MR) is 75.4 cm³/mol. The molecule has 1 aliphatic rings. The zero-order valence-corrected chi connectivity index (χ0v) is 11.8. The summed E-state index contributed by atoms with van der Waals surface area (Å²) >= 11 is 0. The van der Waals surface area contributed by atoms with Crippen molar-refractivity contribution < 1.29 is 24.4 Å². The number of carboxylic acids is 1. The Kier molecular flexibility index (Phi) is 5.05. The summed E-state index contributed by atoms with van der Waals surface area (Å²) in [5, 5.41) is 19.6. The van der Waals surface area contributed by atoms with Crippen molar-refractivity contribution in [3.05, 3.63) is 39.9 Å². The summed E-state index contributed by atoms with van der Waals surface area (Å²) in [7, 11) is 0. The molecule has 1 aromatic carbocycles. The second-order valence-electron chi connectivity index (χ2n) is 5.02. The van der Waals surface area contributed by atoms with E-state index in [2.05, 4.69) is 0 Å². The molecule has 8 heteroatoms. The van der Waals surface area contributed by atoms with Gasteiger partial charge in [0.05, 0.1) is 37.0 Å². The number of ether oxygens (including phenoxy) is 1. The van der Waals surface area contributed by atoms with E-state index < -0.39 is 16.9 Å². The third kappa shape index (κ3) is 4.01. The summed E-state index contributed by atoms with van der Waals surface area (Å²) in [5.41, 5.74) is 0.453. The molecule has 0 aromatic heterocycles. The molecule has 1 atom stereocenters. The molecular weight excluding hydrogens is 292 g/mol. The van der Waals surface area contributed by atoms with E-state index in [4.69, 9.17) is 9.84 Å². The number of aliphatic carboxylic acids is 1. The van der Waals surface area contributed by atoms with Crippen molar-refractivity contribution in [2.45, 2.75) is 18.9 Å². The summed E-state index contributed by atoms with van der Waals surface area (Å²) in [6.45, 7) is 0.871. The number of carbonyl (C=O) groups is 2. The minimum absolute atomic E-state index is 0.00218. The topological polar surface area (TPSA) is 110 Å². The van der Waals surface area contributed by atoms with Crippen LogP contribution in [0.5, 0.6) is 0 Å². The van der Waals surface area contributed by atoms with E-state index >= 15 is 0 Å². The van der Waals surface area contributed by atoms with Gasteiger partial charge in [-0.3, -0.25) is 19.7 Å². The number of rotatable bonds is 5. The molecule has 1 heterocycles. The molecule has 1 fully saturated rings. The predicted octanol–water partition coefficient (Wildman–Crippen LogP) is 0.839. The summed E-state index contributed by atoms with van der Waals surface area (Å²) < 4.78 is 5.22. The molecule has 1 amide bonds. The van der Waals surface area contributed by atoms with Crippen LogP contribution in [0.15, 0.2) is 24.3 Å². The van der Waals surface area contributed by atoms with Crippen LogP contribution < -0.4 is 0 Å². The molecule has 2 rings (SSSR count). The van der Waals surface area contributed by atoms with Gasteiger partial charge >= 0.3 is 5.97 Å². The maximum absolute atomic E-state index is 12.3. The van der Waals surface area contributed by atoms with Gasteiger partial charge in [0.1, 0.15) is 0 Å². The van der Waals surface area contributed by atoms with E-state index in [1.807, 2.05) is 0 Å². The lowest BCUT2D eigenvalue weighted by Crippen LogP contribution is -2.50. The van der Waals surface area contributed by atoms with Crippen LogP contribution in [0.2, 0.25) is 0 Å². The van der Waals surface area contributed by atoms with Crippen molar-refractivity contribution in [1.82, 2.24) is 4.90 Å². The molecule has 0 radical (unpaired) electrons. The van der Waals surface area contributed by atoms with Crippen molar-refractivity contribution >= 4 is 17.6 Å². The molecule has 1 aromatic rings. The van der Waals surface area contributed by atoms with Gasteiger partial charge in [0.15, 0.2) is 0 Å². The first-order chi connectivity index (χ1) is 10.5. The third-order valence-electron chi connectivity index (χ3n) is 3.43. The van der Waals surface area contributed by atoms with E-state index in [9.17, 15) is 19.7 Å². The first kappa shape index (κ1) is 15.9. The SMILES string of the molecule is O=C(O)CC1COCCN1C(=O)Cc1cccc([N+](=O)[O-])c1. The van der Waals surface area contributed by atoms with Crippen molar-refractivity contribution in [3.8, 4) is 0 Å². The maximum atomic E-state index is 12.3. The van der Waals surface area contributed by atoms with Crippen molar-refractivity contribution in [1.29, 1.82) is 0 Å². The molecule has 22 heavy (non-hydrogen) atoms. The molecule has 1 aliphatic heterocycles. The van der Waals surface area contributed by atoms with Crippen LogP contribution in [0.3, 0.4) is 0 Å². The van der Waals surface area contributed by atoms with Gasteiger partial charge in [-0.1, -0.05) is 12.1 Å². The minimum Gasteiger partial charge on any atom is -0.481 e. The number of amides is 1. The zero-order valence-electron chi connectivity index (χ0n) is 11.8. The van der Waals surface area contributed by atoms with Gasteiger partial charge < -0.3 is 14.7 Å². The Hall–Kier alpha value is -2.48. The quantitative estimate of drug-likeness (QED) is 0.637. The zero-order chi connectivity index (χ0) is 16.1. The molecular formula is C14H16N2O6. The number of hydrogen-bond donors (Lipinski definition) is 1. The van der Waals surface area contributed by atoms with E-state index in [1.165, 1.54) is 23.1 Å². The first-order valence-corrected chi connectivity index (χ1v) is 6.79. The maximum Gasteiger partial charge on any atom is 0.305 e. The molecule has 0 bridgehead atoms. The van der Waals surface area contributed by atoms with Crippen LogP contribution >= 0.6 is 0 Å². The molecule has 118 valence electrons. The Morgan fingerprint density at radius 1 is 1.45 bits per heavy atom. The van der Waals surface area contributed by atoms with Crippen LogP contribution in [0.25, 0.3) is 0 Å². The summed E-state index contributed by atoms with van der Waals surface area (Å²) in [6, 6.07) is 5.37. The van der Waals surface area contributed by atoms with Crippen molar-refractivity contribution in [3.63, 3.8) is 0 Å². The molecule has 1 saturated heterocycles. The number of carboxylic acid groups (broad SMARTS) is 1. The number of nitro benzene ring substituents is 1. The highest BCUT2D eigenvalue weighted by molar-refractivity contribution is 5.80. The summed E-state index contributed by atoms with van der Waals surface area (Å²) in [5.74, 6) is -1.25. The van der Waals surface area contributed by atoms with Gasteiger partial charge in [0.25, 0.3) is 5.69 Å². The van der Waals surface area contributed by atoms with Crippen LogP contribution in [-0.4, -0.2) is 52.6 Å². The van der Waals surface area contributed by atoms with E-state index in [0.29, 0.717) is 18.7 Å². The number of benzene rings is 1. The Balaban J connectivity index is 2.08. The Bertz CT molecular complexity index is 588.